The van der Waals surface area contributed by atoms with Gasteiger partial charge in [-0.25, -0.2) is 4.39 Å². The summed E-state index contributed by atoms with van der Waals surface area (Å²) in [5, 5.41) is 12.9. The van der Waals surface area contributed by atoms with Crippen LogP contribution in [0.25, 0.3) is 10.9 Å². The number of H-pyrrole nitrogens is 1. The van der Waals surface area contributed by atoms with Gasteiger partial charge >= 0.3 is 23.9 Å². The monoisotopic (exact) mass is 615 g/mol. The van der Waals surface area contributed by atoms with E-state index < -0.39 is 72.4 Å². The zero-order chi connectivity index (χ0) is 32.2. The van der Waals surface area contributed by atoms with Gasteiger partial charge in [-0.3, -0.25) is 19.2 Å². The Morgan fingerprint density at radius 3 is 2.09 bits per heavy atom. The van der Waals surface area contributed by atoms with Crippen LogP contribution in [0.1, 0.15) is 45.7 Å². The summed E-state index contributed by atoms with van der Waals surface area (Å²) in [6.07, 6.45) is -6.22. The van der Waals surface area contributed by atoms with E-state index in [1.807, 2.05) is 0 Å². The number of benzene rings is 2. The van der Waals surface area contributed by atoms with E-state index in [-0.39, 0.29) is 16.5 Å². The Hall–Kier alpha value is -4.49. The maximum Gasteiger partial charge on any atom is 0.303 e. The molecule has 6 atom stereocenters. The van der Waals surface area contributed by atoms with Crippen LogP contribution in [-0.4, -0.2) is 77.7 Å². The molecule has 4 rings (SSSR count). The maximum absolute atomic E-state index is 15.4. The van der Waals surface area contributed by atoms with Gasteiger partial charge in [-0.15, -0.1) is 0 Å². The topological polar surface area (TPSA) is 160 Å². The van der Waals surface area contributed by atoms with Crippen LogP contribution in [0.5, 0.6) is 5.75 Å². The molecule has 0 saturated carbocycles. The second kappa shape index (κ2) is 13.4. The van der Waals surface area contributed by atoms with E-state index in [1.54, 1.807) is 25.1 Å². The van der Waals surface area contributed by atoms with Crippen LogP contribution in [0.15, 0.2) is 48.7 Å². The van der Waals surface area contributed by atoms with Crippen molar-refractivity contribution in [2.45, 2.75) is 70.7 Å². The lowest BCUT2D eigenvalue weighted by atomic mass is 9.75. The lowest BCUT2D eigenvalue weighted by Crippen LogP contribution is -2.67. The van der Waals surface area contributed by atoms with Crippen LogP contribution in [-0.2, 0) is 48.5 Å². The SMILES string of the molecule is CCOc1ccc(C(O)(c2c[nH]c3cccc(F)c23)[C@@H]2O[C@H](COC(C)=O)[C@@H](OC(C)=O)[C@H](OC(C)=O)[C@H]2OC(C)=O)cc1. The third kappa shape index (κ3) is 6.68. The smallest absolute Gasteiger partial charge is 0.303 e. The maximum atomic E-state index is 15.4. The number of aromatic amines is 1. The summed E-state index contributed by atoms with van der Waals surface area (Å²) >= 11 is 0. The Morgan fingerprint density at radius 1 is 0.886 bits per heavy atom. The lowest BCUT2D eigenvalue weighted by Gasteiger charge is -2.49. The van der Waals surface area contributed by atoms with Crippen molar-refractivity contribution in [1.82, 2.24) is 4.98 Å². The van der Waals surface area contributed by atoms with E-state index >= 15 is 4.39 Å². The summed E-state index contributed by atoms with van der Waals surface area (Å²) in [5.74, 6) is -3.37. The second-order valence-corrected chi connectivity index (χ2v) is 10.2. The number of hydrogen-bond acceptors (Lipinski definition) is 11. The van der Waals surface area contributed by atoms with Crippen LogP contribution in [0.4, 0.5) is 4.39 Å². The van der Waals surface area contributed by atoms with Crippen LogP contribution in [0.3, 0.4) is 0 Å². The largest absolute Gasteiger partial charge is 0.494 e. The first kappa shape index (κ1) is 32.4. The number of carbonyl (C=O) groups is 4. The first-order chi connectivity index (χ1) is 20.9. The first-order valence-electron chi connectivity index (χ1n) is 13.9. The molecular weight excluding hydrogens is 581 g/mol. The fourth-order valence-electron chi connectivity index (χ4n) is 5.45. The van der Waals surface area contributed by atoms with E-state index in [1.165, 1.54) is 30.5 Å². The van der Waals surface area contributed by atoms with Gasteiger partial charge in [0.1, 0.15) is 36.0 Å². The molecule has 12 nitrogen and oxygen atoms in total. The summed E-state index contributed by atoms with van der Waals surface area (Å²) in [4.78, 5) is 51.8. The highest BCUT2D eigenvalue weighted by Crippen LogP contribution is 2.45. The number of fused-ring (bicyclic) bond motifs is 1. The molecule has 1 saturated heterocycles. The Balaban J connectivity index is 2.01. The zero-order valence-corrected chi connectivity index (χ0v) is 24.8. The number of aliphatic hydroxyl groups is 1. The van der Waals surface area contributed by atoms with Crippen molar-refractivity contribution in [1.29, 1.82) is 0 Å². The van der Waals surface area contributed by atoms with Crippen molar-refractivity contribution in [3.8, 4) is 5.75 Å². The van der Waals surface area contributed by atoms with Crippen LogP contribution in [0.2, 0.25) is 0 Å². The zero-order valence-electron chi connectivity index (χ0n) is 24.8. The Bertz CT molecular complexity index is 1520. The fourth-order valence-corrected chi connectivity index (χ4v) is 5.45. The Labute approximate surface area is 252 Å². The molecule has 1 aliphatic heterocycles. The number of esters is 4. The van der Waals surface area contributed by atoms with Gasteiger partial charge in [-0.2, -0.15) is 0 Å². The molecule has 0 amide bonds. The molecule has 0 spiro atoms. The number of rotatable bonds is 10. The molecule has 3 aromatic rings. The third-order valence-corrected chi connectivity index (χ3v) is 7.07. The summed E-state index contributed by atoms with van der Waals surface area (Å²) in [5.41, 5.74) is -1.84. The summed E-state index contributed by atoms with van der Waals surface area (Å²) in [6, 6.07) is 10.5. The molecule has 236 valence electrons. The minimum atomic E-state index is -2.33. The highest BCUT2D eigenvalue weighted by molar-refractivity contribution is 5.85. The first-order valence-corrected chi connectivity index (χ1v) is 13.9. The van der Waals surface area contributed by atoms with Crippen LogP contribution >= 0.6 is 0 Å². The normalized spacial score (nSPS) is 22.8. The van der Waals surface area contributed by atoms with Crippen LogP contribution in [0, 0.1) is 5.82 Å². The van der Waals surface area contributed by atoms with Crippen molar-refractivity contribution in [2.24, 2.45) is 0 Å². The van der Waals surface area contributed by atoms with Gasteiger partial charge in [0.05, 0.1) is 6.61 Å². The third-order valence-electron chi connectivity index (χ3n) is 7.07. The molecule has 1 fully saturated rings. The number of aromatic nitrogens is 1. The van der Waals surface area contributed by atoms with Crippen molar-refractivity contribution >= 4 is 34.8 Å². The summed E-state index contributed by atoms with van der Waals surface area (Å²) < 4.78 is 49.2. The average molecular weight is 616 g/mol. The standard InChI is InChI=1S/C31H34FNO11/c1-6-39-21-12-10-20(11-13-21)31(38,22-14-33-24-9-7-8-23(32)26(22)24)30-29(43-19(5)37)28(42-18(4)36)27(41-17(3)35)25(44-30)15-40-16(2)34/h7-14,25,27-30,33,38H,6,15H2,1-5H3/t25-,27-,28+,29-,30-,31?/m1/s1. The predicted octanol–water partition coefficient (Wildman–Crippen LogP) is 3.07. The van der Waals surface area contributed by atoms with E-state index in [9.17, 15) is 24.3 Å². The molecule has 2 heterocycles. The molecule has 2 aromatic carbocycles. The van der Waals surface area contributed by atoms with Gasteiger partial charge < -0.3 is 38.5 Å². The van der Waals surface area contributed by atoms with Gasteiger partial charge in [0, 0.05) is 50.4 Å². The average Bonchev–Trinajstić information content (AvgIpc) is 3.40. The van der Waals surface area contributed by atoms with Crippen molar-refractivity contribution < 1.29 is 57.1 Å². The quantitative estimate of drug-likeness (QED) is 0.255. The van der Waals surface area contributed by atoms with Crippen molar-refractivity contribution in [3.63, 3.8) is 0 Å². The predicted molar refractivity (Wildman–Crippen MR) is 151 cm³/mol. The Kier molecular flexibility index (Phi) is 9.90. The molecule has 1 aliphatic rings. The molecule has 1 aromatic heterocycles. The molecule has 2 N–H and O–H groups in total. The lowest BCUT2D eigenvalue weighted by molar-refractivity contribution is -0.278. The van der Waals surface area contributed by atoms with E-state index in [0.717, 1.165) is 27.7 Å². The number of carbonyl (C=O) groups excluding carboxylic acids is 4. The molecule has 0 bridgehead atoms. The minimum Gasteiger partial charge on any atom is -0.494 e. The molecular formula is C31H34FNO11. The molecule has 0 aliphatic carbocycles. The second-order valence-electron chi connectivity index (χ2n) is 10.2. The van der Waals surface area contributed by atoms with Gasteiger partial charge in [-0.1, -0.05) is 18.2 Å². The van der Waals surface area contributed by atoms with Gasteiger partial charge in [-0.05, 0) is 36.8 Å². The molecule has 44 heavy (non-hydrogen) atoms. The van der Waals surface area contributed by atoms with E-state index in [0.29, 0.717) is 17.9 Å². The van der Waals surface area contributed by atoms with Crippen molar-refractivity contribution in [3.05, 3.63) is 65.6 Å². The molecule has 1 unspecified atom stereocenters. The molecule has 13 heteroatoms. The van der Waals surface area contributed by atoms with Crippen molar-refractivity contribution in [2.75, 3.05) is 13.2 Å². The fraction of sp³-hybridized carbons (Fsp3) is 0.419. The van der Waals surface area contributed by atoms with E-state index in [2.05, 4.69) is 4.98 Å². The minimum absolute atomic E-state index is 0.00402. The van der Waals surface area contributed by atoms with E-state index in [4.69, 9.17) is 28.4 Å². The number of nitrogens with one attached hydrogen (secondary N) is 1. The van der Waals surface area contributed by atoms with Gasteiger partial charge in [0.2, 0.25) is 0 Å². The number of ether oxygens (including phenoxy) is 6. The van der Waals surface area contributed by atoms with Gasteiger partial charge in [0.25, 0.3) is 0 Å². The van der Waals surface area contributed by atoms with Gasteiger partial charge in [0.15, 0.2) is 18.3 Å². The highest BCUT2D eigenvalue weighted by Gasteiger charge is 2.60. The highest BCUT2D eigenvalue weighted by atomic mass is 19.1. The Morgan fingerprint density at radius 2 is 1.50 bits per heavy atom. The number of halogens is 1. The van der Waals surface area contributed by atoms with Crippen LogP contribution < -0.4 is 4.74 Å². The number of hydrogen-bond donors (Lipinski definition) is 2. The molecule has 0 radical (unpaired) electrons. The summed E-state index contributed by atoms with van der Waals surface area (Å²) in [6.45, 7) is 6.11. The summed E-state index contributed by atoms with van der Waals surface area (Å²) in [7, 11) is 0.